The second-order valence-electron chi connectivity index (χ2n) is 7.47. The number of benzene rings is 3. The molecule has 3 aromatic carbocycles. The van der Waals surface area contributed by atoms with Gasteiger partial charge in [0.1, 0.15) is 10.6 Å². The molecular formula is C22H23N5O6S2. The van der Waals surface area contributed by atoms with Crippen molar-refractivity contribution in [1.29, 1.82) is 0 Å². The van der Waals surface area contributed by atoms with Gasteiger partial charge in [0.25, 0.3) is 10.1 Å². The van der Waals surface area contributed by atoms with Crippen molar-refractivity contribution in [1.82, 2.24) is 0 Å². The van der Waals surface area contributed by atoms with E-state index in [1.165, 1.54) is 18.2 Å². The second kappa shape index (κ2) is 11.6. The van der Waals surface area contributed by atoms with E-state index in [0.717, 1.165) is 27.9 Å². The van der Waals surface area contributed by atoms with Crippen LogP contribution in [0.25, 0.3) is 0 Å². The molecule has 0 aliphatic rings. The first-order chi connectivity index (χ1) is 16.3. The Hall–Kier alpha value is -3.81. The highest BCUT2D eigenvalue weighted by atomic mass is 32.2. The molecule has 0 aliphatic heterocycles. The molecule has 13 heteroatoms. The molecule has 0 aromatic heterocycles. The maximum atomic E-state index is 11.5. The van der Waals surface area contributed by atoms with Crippen LogP contribution in [0.3, 0.4) is 0 Å². The zero-order chi connectivity index (χ0) is 26.3. The van der Waals surface area contributed by atoms with Crippen molar-refractivity contribution in [3.05, 3.63) is 70.8 Å². The highest BCUT2D eigenvalue weighted by Crippen LogP contribution is 2.33. The van der Waals surface area contributed by atoms with Crippen LogP contribution in [0, 0.1) is 27.7 Å². The molecule has 0 fully saturated rings. The van der Waals surface area contributed by atoms with Crippen LogP contribution < -0.4 is 5.73 Å². The molecule has 0 heterocycles. The summed E-state index contributed by atoms with van der Waals surface area (Å²) in [7, 11) is -7.51. The lowest BCUT2D eigenvalue weighted by molar-refractivity contribution is 0.483. The Bertz CT molecular complexity index is 1530. The molecular weight excluding hydrogens is 494 g/mol. The molecule has 0 aliphatic carbocycles. The third kappa shape index (κ3) is 7.88. The van der Waals surface area contributed by atoms with Crippen LogP contribution in [0.2, 0.25) is 0 Å². The van der Waals surface area contributed by atoms with E-state index in [0.29, 0.717) is 17.1 Å². The van der Waals surface area contributed by atoms with E-state index in [-0.39, 0.29) is 10.6 Å². The van der Waals surface area contributed by atoms with Gasteiger partial charge in [-0.2, -0.15) is 23.8 Å². The molecule has 0 unspecified atom stereocenters. The van der Waals surface area contributed by atoms with Crippen LogP contribution in [0.5, 0.6) is 0 Å². The highest BCUT2D eigenvalue weighted by Gasteiger charge is 2.14. The lowest BCUT2D eigenvalue weighted by Gasteiger charge is -2.07. The third-order valence-corrected chi connectivity index (χ3v) is 5.67. The van der Waals surface area contributed by atoms with Gasteiger partial charge >= 0.3 is 10.6 Å². The lowest BCUT2D eigenvalue weighted by atomic mass is 10.1. The fourth-order valence-corrected chi connectivity index (χ4v) is 3.53. The number of nitrogens with zero attached hydrogens (tertiary/aromatic N) is 4. The Morgan fingerprint density at radius 2 is 1.06 bits per heavy atom. The summed E-state index contributed by atoms with van der Waals surface area (Å²) in [5.74, 6) is 0. The fourth-order valence-electron chi connectivity index (χ4n) is 2.91. The predicted molar refractivity (Wildman–Crippen MR) is 131 cm³/mol. The molecule has 3 N–H and O–H groups in total. The lowest BCUT2D eigenvalue weighted by Crippen LogP contribution is -1.97. The van der Waals surface area contributed by atoms with Gasteiger partial charge in [-0.3, -0.25) is 4.55 Å². The number of rotatable bonds is 5. The summed E-state index contributed by atoms with van der Waals surface area (Å²) in [5.41, 5.74) is 12.2. The van der Waals surface area contributed by atoms with Crippen molar-refractivity contribution in [2.75, 3.05) is 5.73 Å². The molecule has 0 bridgehead atoms. The molecule has 0 atom stereocenters. The highest BCUT2D eigenvalue weighted by molar-refractivity contribution is 7.86. The van der Waals surface area contributed by atoms with Crippen LogP contribution in [-0.2, 0) is 20.7 Å². The molecule has 184 valence electrons. The SMILES string of the molecule is Cc1cc(N=Nc2cc(C)c(N=Nc3ccccc3S(=O)(=O)O)cc2C)c(C)cc1N.O=S(=O)=O. The monoisotopic (exact) mass is 517 g/mol. The smallest absolute Gasteiger partial charge is 0.399 e. The molecule has 0 spiro atoms. The van der Waals surface area contributed by atoms with Gasteiger partial charge in [-0.25, -0.2) is 0 Å². The molecule has 0 saturated heterocycles. The molecule has 0 saturated carbocycles. The Labute approximate surface area is 204 Å². The Morgan fingerprint density at radius 1 is 0.686 bits per heavy atom. The Morgan fingerprint density at radius 3 is 1.51 bits per heavy atom. The van der Waals surface area contributed by atoms with Crippen molar-refractivity contribution in [2.24, 2.45) is 20.5 Å². The summed E-state index contributed by atoms with van der Waals surface area (Å²) in [6.45, 7) is 7.57. The van der Waals surface area contributed by atoms with Crippen molar-refractivity contribution >= 4 is 49.2 Å². The molecule has 0 radical (unpaired) electrons. The van der Waals surface area contributed by atoms with E-state index in [9.17, 15) is 13.0 Å². The number of nitrogens with two attached hydrogens (primary N) is 1. The third-order valence-electron chi connectivity index (χ3n) is 4.77. The first kappa shape index (κ1) is 27.4. The first-order valence-electron chi connectivity index (χ1n) is 9.94. The average Bonchev–Trinajstić information content (AvgIpc) is 2.75. The fraction of sp³-hybridized carbons (Fsp3) is 0.182. The summed E-state index contributed by atoms with van der Waals surface area (Å²) in [5, 5.41) is 16.9. The van der Waals surface area contributed by atoms with Crippen LogP contribution in [-0.4, -0.2) is 25.6 Å². The van der Waals surface area contributed by atoms with Gasteiger partial charge in [0.05, 0.1) is 17.1 Å². The summed E-state index contributed by atoms with van der Waals surface area (Å²) in [4.78, 5) is -0.298. The second-order valence-corrected chi connectivity index (χ2v) is 9.27. The standard InChI is InChI=1S/C22H23N5O3S.O3S/c1-13-10-19(14(2)9-17(13)23)26-27-21-12-15(3)20(11-16(21)4)25-24-18-7-5-6-8-22(18)31(28,29)30;1-4(2)3/h5-12H,23H2,1-4H3,(H,28,29,30);. The maximum Gasteiger partial charge on any atom is 0.425 e. The molecule has 3 rings (SSSR count). The van der Waals surface area contributed by atoms with E-state index < -0.39 is 20.7 Å². The normalized spacial score (nSPS) is 11.5. The number of azo groups is 2. The minimum Gasteiger partial charge on any atom is -0.399 e. The van der Waals surface area contributed by atoms with E-state index in [1.54, 1.807) is 12.1 Å². The van der Waals surface area contributed by atoms with Gasteiger partial charge < -0.3 is 5.73 Å². The maximum absolute atomic E-state index is 11.5. The molecule has 3 aromatic rings. The van der Waals surface area contributed by atoms with Gasteiger partial charge in [-0.15, -0.1) is 17.7 Å². The minimum atomic E-state index is -4.39. The van der Waals surface area contributed by atoms with Crippen molar-refractivity contribution in [3.8, 4) is 0 Å². The van der Waals surface area contributed by atoms with Crippen molar-refractivity contribution < 1.29 is 25.6 Å². The summed E-state index contributed by atoms with van der Waals surface area (Å²) in [6.07, 6.45) is 0. The van der Waals surface area contributed by atoms with Gasteiger partial charge in [-0.05, 0) is 86.3 Å². The molecule has 35 heavy (non-hydrogen) atoms. The average molecular weight is 518 g/mol. The summed E-state index contributed by atoms with van der Waals surface area (Å²) < 4.78 is 57.7. The van der Waals surface area contributed by atoms with Crippen LogP contribution in [0.1, 0.15) is 22.3 Å². The number of hydrogen-bond acceptors (Lipinski definition) is 10. The van der Waals surface area contributed by atoms with E-state index in [4.69, 9.17) is 18.4 Å². The quantitative estimate of drug-likeness (QED) is 0.252. The van der Waals surface area contributed by atoms with Crippen molar-refractivity contribution in [2.45, 2.75) is 32.6 Å². The number of hydrogen-bond donors (Lipinski definition) is 2. The van der Waals surface area contributed by atoms with E-state index in [2.05, 4.69) is 20.5 Å². The van der Waals surface area contributed by atoms with Gasteiger partial charge in [0.15, 0.2) is 0 Å². The topological polar surface area (TPSA) is 181 Å². The molecule has 0 amide bonds. The van der Waals surface area contributed by atoms with Gasteiger partial charge in [-0.1, -0.05) is 12.1 Å². The van der Waals surface area contributed by atoms with Gasteiger partial charge in [0, 0.05) is 5.69 Å². The van der Waals surface area contributed by atoms with Crippen molar-refractivity contribution in [3.63, 3.8) is 0 Å². The predicted octanol–water partition coefficient (Wildman–Crippen LogP) is 5.58. The largest absolute Gasteiger partial charge is 0.425 e. The first-order valence-corrected chi connectivity index (χ1v) is 12.4. The number of nitrogen functional groups attached to an aromatic ring is 1. The minimum absolute atomic E-state index is 0.0556. The zero-order valence-corrected chi connectivity index (χ0v) is 20.9. The summed E-state index contributed by atoms with van der Waals surface area (Å²) >= 11 is 0. The Kier molecular flexibility index (Phi) is 9.05. The van der Waals surface area contributed by atoms with Gasteiger partial charge in [0.2, 0.25) is 0 Å². The number of aryl methyl sites for hydroxylation is 4. The number of anilines is 1. The Balaban J connectivity index is 0.00000100. The van der Waals surface area contributed by atoms with Crippen LogP contribution in [0.4, 0.5) is 28.4 Å². The van der Waals surface area contributed by atoms with E-state index in [1.807, 2.05) is 45.9 Å². The molecule has 11 nitrogen and oxygen atoms in total. The van der Waals surface area contributed by atoms with Crippen LogP contribution >= 0.6 is 0 Å². The van der Waals surface area contributed by atoms with Crippen LogP contribution in [0.15, 0.2) is 73.9 Å². The van der Waals surface area contributed by atoms with E-state index >= 15 is 0 Å². The zero-order valence-electron chi connectivity index (χ0n) is 19.3. The summed E-state index contributed by atoms with van der Waals surface area (Å²) in [6, 6.07) is 13.3.